The van der Waals surface area contributed by atoms with E-state index >= 15 is 0 Å². The molecule has 0 spiro atoms. The average molecular weight is 300 g/mol. The van der Waals surface area contributed by atoms with Gasteiger partial charge in [-0.2, -0.15) is 9.40 Å². The minimum atomic E-state index is -3.52. The second-order valence-corrected chi connectivity index (χ2v) is 7.29. The predicted molar refractivity (Wildman–Crippen MR) is 77.9 cm³/mol. The maximum Gasteiger partial charge on any atom is 0.247 e. The highest BCUT2D eigenvalue weighted by Gasteiger charge is 2.35. The van der Waals surface area contributed by atoms with Crippen LogP contribution in [0.3, 0.4) is 0 Å². The molecule has 1 fully saturated rings. The van der Waals surface area contributed by atoms with Crippen molar-refractivity contribution in [3.05, 3.63) is 11.4 Å². The molecule has 0 aromatic carbocycles. The van der Waals surface area contributed by atoms with Crippen LogP contribution in [0.2, 0.25) is 0 Å². The van der Waals surface area contributed by atoms with Crippen LogP contribution in [-0.2, 0) is 17.1 Å². The van der Waals surface area contributed by atoms with Crippen LogP contribution in [0.5, 0.6) is 0 Å². The fourth-order valence-electron chi connectivity index (χ4n) is 3.06. The van der Waals surface area contributed by atoms with Gasteiger partial charge in [-0.15, -0.1) is 0 Å². The van der Waals surface area contributed by atoms with E-state index in [0.29, 0.717) is 29.4 Å². The number of hydrogen-bond acceptors (Lipinski definition) is 4. The van der Waals surface area contributed by atoms with Crippen molar-refractivity contribution < 1.29 is 8.42 Å². The zero-order valence-electron chi connectivity index (χ0n) is 12.5. The van der Waals surface area contributed by atoms with Crippen molar-refractivity contribution in [2.75, 3.05) is 13.1 Å². The van der Waals surface area contributed by atoms with E-state index in [1.54, 1.807) is 29.9 Å². The number of sulfonamides is 1. The summed E-state index contributed by atoms with van der Waals surface area (Å²) in [6.45, 7) is 4.26. The highest BCUT2D eigenvalue weighted by atomic mass is 32.2. The van der Waals surface area contributed by atoms with Crippen LogP contribution >= 0.6 is 0 Å². The largest absolute Gasteiger partial charge is 0.329 e. The van der Waals surface area contributed by atoms with Gasteiger partial charge in [0.25, 0.3) is 0 Å². The van der Waals surface area contributed by atoms with Crippen LogP contribution in [0, 0.1) is 13.8 Å². The fourth-order valence-corrected chi connectivity index (χ4v) is 5.17. The van der Waals surface area contributed by atoms with E-state index in [0.717, 1.165) is 25.7 Å². The molecule has 0 unspecified atom stereocenters. The lowest BCUT2D eigenvalue weighted by atomic mass is 10.2. The van der Waals surface area contributed by atoms with E-state index in [9.17, 15) is 8.42 Å². The van der Waals surface area contributed by atoms with Crippen molar-refractivity contribution >= 4 is 10.0 Å². The molecule has 1 aliphatic rings. The van der Waals surface area contributed by atoms with Crippen molar-refractivity contribution in [1.82, 2.24) is 14.1 Å². The second kappa shape index (κ2) is 5.83. The zero-order chi connectivity index (χ0) is 14.9. The normalized spacial score (nSPS) is 17.2. The van der Waals surface area contributed by atoms with Gasteiger partial charge in [0.15, 0.2) is 0 Å². The van der Waals surface area contributed by atoms with Gasteiger partial charge in [-0.25, -0.2) is 8.42 Å². The molecule has 6 nitrogen and oxygen atoms in total. The zero-order valence-corrected chi connectivity index (χ0v) is 13.3. The molecule has 1 aromatic rings. The Balaban J connectivity index is 2.44. The monoisotopic (exact) mass is 300 g/mol. The molecule has 1 aliphatic carbocycles. The third kappa shape index (κ3) is 2.62. The molecule has 1 heterocycles. The number of rotatable bonds is 5. The van der Waals surface area contributed by atoms with E-state index in [4.69, 9.17) is 5.73 Å². The van der Waals surface area contributed by atoms with E-state index in [1.165, 1.54) is 0 Å². The van der Waals surface area contributed by atoms with E-state index in [-0.39, 0.29) is 6.04 Å². The summed E-state index contributed by atoms with van der Waals surface area (Å²) >= 11 is 0. The number of nitrogens with zero attached hydrogens (tertiary/aromatic N) is 3. The Kier molecular flexibility index (Phi) is 4.51. The summed E-state index contributed by atoms with van der Waals surface area (Å²) in [6, 6.07) is 0.0857. The summed E-state index contributed by atoms with van der Waals surface area (Å²) in [4.78, 5) is 0.348. The van der Waals surface area contributed by atoms with Crippen molar-refractivity contribution in [1.29, 1.82) is 0 Å². The summed E-state index contributed by atoms with van der Waals surface area (Å²) in [6.07, 6.45) is 4.04. The molecule has 0 amide bonds. The second-order valence-electron chi connectivity index (χ2n) is 5.47. The quantitative estimate of drug-likeness (QED) is 0.877. The highest BCUT2D eigenvalue weighted by Crippen LogP contribution is 2.30. The lowest BCUT2D eigenvalue weighted by molar-refractivity contribution is 0.328. The lowest BCUT2D eigenvalue weighted by Crippen LogP contribution is -2.42. The minimum Gasteiger partial charge on any atom is -0.329 e. The molecule has 0 aliphatic heterocycles. The highest BCUT2D eigenvalue weighted by molar-refractivity contribution is 7.89. The van der Waals surface area contributed by atoms with Crippen molar-refractivity contribution in [2.45, 2.75) is 50.5 Å². The summed E-state index contributed by atoms with van der Waals surface area (Å²) in [5.41, 5.74) is 6.87. The number of hydrogen-bond donors (Lipinski definition) is 1. The topological polar surface area (TPSA) is 81.2 Å². The van der Waals surface area contributed by atoms with E-state index in [1.807, 2.05) is 0 Å². The van der Waals surface area contributed by atoms with Gasteiger partial charge in [0, 0.05) is 26.2 Å². The molecule has 7 heteroatoms. The van der Waals surface area contributed by atoms with Crippen LogP contribution in [0.25, 0.3) is 0 Å². The van der Waals surface area contributed by atoms with Gasteiger partial charge >= 0.3 is 0 Å². The first kappa shape index (κ1) is 15.5. The number of aryl methyl sites for hydroxylation is 2. The Labute approximate surface area is 121 Å². The number of nitrogens with two attached hydrogens (primary N) is 1. The molecular formula is C13H24N4O2S. The van der Waals surface area contributed by atoms with Crippen LogP contribution in [-0.4, -0.2) is 41.6 Å². The maximum atomic E-state index is 13.0. The Hall–Kier alpha value is -0.920. The van der Waals surface area contributed by atoms with Crippen LogP contribution in [0.4, 0.5) is 0 Å². The van der Waals surface area contributed by atoms with Gasteiger partial charge < -0.3 is 5.73 Å². The standard InChI is InChI=1S/C13H24N4O2S/c1-10-13(11(2)16(3)15-10)20(18,19)17(9-8-14)12-6-4-5-7-12/h12H,4-9,14H2,1-3H3. The minimum absolute atomic E-state index is 0.0857. The summed E-state index contributed by atoms with van der Waals surface area (Å²) in [7, 11) is -1.75. The average Bonchev–Trinajstić information content (AvgIpc) is 2.96. The Morgan fingerprint density at radius 1 is 1.35 bits per heavy atom. The van der Waals surface area contributed by atoms with Gasteiger partial charge in [-0.3, -0.25) is 4.68 Å². The SMILES string of the molecule is Cc1nn(C)c(C)c1S(=O)(=O)N(CCN)C1CCCC1. The van der Waals surface area contributed by atoms with Crippen molar-refractivity contribution in [3.8, 4) is 0 Å². The molecule has 114 valence electrons. The molecular weight excluding hydrogens is 276 g/mol. The predicted octanol–water partition coefficient (Wildman–Crippen LogP) is 0.929. The maximum absolute atomic E-state index is 13.0. The van der Waals surface area contributed by atoms with Crippen molar-refractivity contribution in [3.63, 3.8) is 0 Å². The van der Waals surface area contributed by atoms with Crippen LogP contribution in [0.1, 0.15) is 37.1 Å². The van der Waals surface area contributed by atoms with Gasteiger partial charge in [0.1, 0.15) is 4.90 Å². The molecule has 1 aromatic heterocycles. The third-order valence-corrected chi connectivity index (χ3v) is 6.30. The third-order valence-electron chi connectivity index (χ3n) is 4.09. The van der Waals surface area contributed by atoms with Crippen LogP contribution < -0.4 is 5.73 Å². The summed E-state index contributed by atoms with van der Waals surface area (Å²) in [5.74, 6) is 0. The molecule has 20 heavy (non-hydrogen) atoms. The smallest absolute Gasteiger partial charge is 0.247 e. The van der Waals surface area contributed by atoms with Gasteiger partial charge in [-0.1, -0.05) is 12.8 Å². The lowest BCUT2D eigenvalue weighted by Gasteiger charge is -2.27. The molecule has 2 rings (SSSR count). The summed E-state index contributed by atoms with van der Waals surface area (Å²) < 4.78 is 29.2. The Bertz CT molecular complexity index is 573. The van der Waals surface area contributed by atoms with E-state index < -0.39 is 10.0 Å². The first-order valence-corrected chi connectivity index (χ1v) is 8.55. The molecule has 0 bridgehead atoms. The van der Waals surface area contributed by atoms with Gasteiger partial charge in [0.05, 0.1) is 11.4 Å². The Morgan fingerprint density at radius 3 is 2.40 bits per heavy atom. The molecule has 2 N–H and O–H groups in total. The first-order chi connectivity index (χ1) is 9.39. The van der Waals surface area contributed by atoms with Crippen molar-refractivity contribution in [2.24, 2.45) is 12.8 Å². The van der Waals surface area contributed by atoms with E-state index in [2.05, 4.69) is 5.10 Å². The summed E-state index contributed by atoms with van der Waals surface area (Å²) in [5, 5.41) is 4.23. The Morgan fingerprint density at radius 2 is 1.95 bits per heavy atom. The van der Waals surface area contributed by atoms with Crippen LogP contribution in [0.15, 0.2) is 4.90 Å². The molecule has 0 saturated heterocycles. The molecule has 1 saturated carbocycles. The van der Waals surface area contributed by atoms with Gasteiger partial charge in [-0.05, 0) is 26.7 Å². The first-order valence-electron chi connectivity index (χ1n) is 7.11. The van der Waals surface area contributed by atoms with Gasteiger partial charge in [0.2, 0.25) is 10.0 Å². The molecule has 0 radical (unpaired) electrons. The fraction of sp³-hybridized carbons (Fsp3) is 0.769. The number of aromatic nitrogens is 2. The molecule has 0 atom stereocenters.